The molecule has 3 rings (SSSR count). The van der Waals surface area contributed by atoms with Crippen LogP contribution in [0.3, 0.4) is 0 Å². The Kier molecular flexibility index (Phi) is 3.95. The molecule has 2 aromatic heterocycles. The van der Waals surface area contributed by atoms with Gasteiger partial charge in [0.15, 0.2) is 0 Å². The number of carbonyl (C=O) groups excluding carboxylic acids is 1. The maximum Gasteiger partial charge on any atom is 0.267 e. The lowest BCUT2D eigenvalue weighted by molar-refractivity contribution is -0.121. The van der Waals surface area contributed by atoms with Gasteiger partial charge in [0.2, 0.25) is 0 Å². The Morgan fingerprint density at radius 1 is 1.39 bits per heavy atom. The van der Waals surface area contributed by atoms with E-state index in [-0.39, 0.29) is 11.5 Å². The molecule has 118 valence electrons. The molecule has 0 saturated carbocycles. The lowest BCUT2D eigenvalue weighted by Gasteiger charge is -2.09. The second-order valence-corrected chi connectivity index (χ2v) is 6.73. The molecule has 1 saturated heterocycles. The fourth-order valence-corrected chi connectivity index (χ4v) is 3.47. The summed E-state index contributed by atoms with van der Waals surface area (Å²) in [6.45, 7) is 1.89. The van der Waals surface area contributed by atoms with Crippen LogP contribution in [0.4, 0.5) is 5.82 Å². The molecule has 0 atom stereocenters. The van der Waals surface area contributed by atoms with Crippen LogP contribution in [-0.4, -0.2) is 38.6 Å². The van der Waals surface area contributed by atoms with Gasteiger partial charge in [-0.1, -0.05) is 30.0 Å². The van der Waals surface area contributed by atoms with Gasteiger partial charge in [0.05, 0.1) is 10.5 Å². The first-order chi connectivity index (χ1) is 10.9. The zero-order valence-electron chi connectivity index (χ0n) is 12.8. The van der Waals surface area contributed by atoms with E-state index < -0.39 is 0 Å². The summed E-state index contributed by atoms with van der Waals surface area (Å²) in [6, 6.07) is 3.68. The van der Waals surface area contributed by atoms with Crippen molar-refractivity contribution in [1.29, 1.82) is 0 Å². The van der Waals surface area contributed by atoms with Crippen LogP contribution >= 0.6 is 24.0 Å². The molecule has 0 spiro atoms. The second kappa shape index (κ2) is 5.78. The van der Waals surface area contributed by atoms with Gasteiger partial charge < -0.3 is 5.32 Å². The van der Waals surface area contributed by atoms with Gasteiger partial charge >= 0.3 is 0 Å². The lowest BCUT2D eigenvalue weighted by Crippen LogP contribution is -2.23. The fourth-order valence-electron chi connectivity index (χ4n) is 2.31. The van der Waals surface area contributed by atoms with Crippen molar-refractivity contribution in [1.82, 2.24) is 14.3 Å². The molecule has 3 heterocycles. The predicted octanol–water partition coefficient (Wildman–Crippen LogP) is 1.88. The Balaban J connectivity index is 2.26. The summed E-state index contributed by atoms with van der Waals surface area (Å²) in [5, 5.41) is 2.93. The average Bonchev–Trinajstić information content (AvgIpc) is 2.77. The van der Waals surface area contributed by atoms with E-state index >= 15 is 0 Å². The van der Waals surface area contributed by atoms with Gasteiger partial charge in [0.1, 0.15) is 15.8 Å². The van der Waals surface area contributed by atoms with E-state index in [9.17, 15) is 9.59 Å². The number of carbonyl (C=O) groups is 1. The fraction of sp³-hybridized carbons (Fsp3) is 0.200. The highest BCUT2D eigenvalue weighted by atomic mass is 32.2. The molecule has 6 nitrogen and oxygen atoms in total. The highest BCUT2D eigenvalue weighted by Crippen LogP contribution is 2.31. The number of nitrogens with one attached hydrogen (secondary N) is 1. The summed E-state index contributed by atoms with van der Waals surface area (Å²) in [7, 11) is 3.31. The van der Waals surface area contributed by atoms with Gasteiger partial charge in [-0.05, 0) is 24.6 Å². The van der Waals surface area contributed by atoms with Gasteiger partial charge in [-0.2, -0.15) is 0 Å². The molecule has 1 aliphatic heterocycles. The molecule has 0 unspecified atom stereocenters. The van der Waals surface area contributed by atoms with Crippen molar-refractivity contribution < 1.29 is 4.79 Å². The van der Waals surface area contributed by atoms with Crippen molar-refractivity contribution >= 4 is 51.7 Å². The van der Waals surface area contributed by atoms with Crippen LogP contribution in [0.5, 0.6) is 0 Å². The van der Waals surface area contributed by atoms with Gasteiger partial charge in [0, 0.05) is 20.3 Å². The Morgan fingerprint density at radius 2 is 2.13 bits per heavy atom. The summed E-state index contributed by atoms with van der Waals surface area (Å²) < 4.78 is 1.95. The van der Waals surface area contributed by atoms with Crippen molar-refractivity contribution in [3.8, 4) is 0 Å². The van der Waals surface area contributed by atoms with E-state index in [1.54, 1.807) is 32.4 Å². The monoisotopic (exact) mass is 346 g/mol. The van der Waals surface area contributed by atoms with Crippen LogP contribution in [0.1, 0.15) is 11.1 Å². The molecule has 0 bridgehead atoms. The SMILES string of the molecule is CNc1nc2c(C)cccn2c(=O)c1C=C1SC(=S)N(C)C1=O. The van der Waals surface area contributed by atoms with Crippen LogP contribution in [0, 0.1) is 6.92 Å². The van der Waals surface area contributed by atoms with Crippen molar-refractivity contribution in [3.05, 3.63) is 44.7 Å². The average molecular weight is 346 g/mol. The van der Waals surface area contributed by atoms with E-state index in [2.05, 4.69) is 10.3 Å². The maximum absolute atomic E-state index is 12.8. The molecule has 2 aromatic rings. The van der Waals surface area contributed by atoms with Gasteiger partial charge in [-0.3, -0.25) is 18.9 Å². The van der Waals surface area contributed by atoms with E-state index in [4.69, 9.17) is 12.2 Å². The van der Waals surface area contributed by atoms with Crippen molar-refractivity contribution in [2.24, 2.45) is 0 Å². The second-order valence-electron chi connectivity index (χ2n) is 5.05. The summed E-state index contributed by atoms with van der Waals surface area (Å²) in [6.07, 6.45) is 3.22. The number of aryl methyl sites for hydroxylation is 1. The number of pyridine rings is 1. The molecule has 1 N–H and O–H groups in total. The Bertz CT molecular complexity index is 933. The number of hydrogen-bond donors (Lipinski definition) is 1. The van der Waals surface area contributed by atoms with Crippen LogP contribution < -0.4 is 10.9 Å². The molecule has 8 heteroatoms. The van der Waals surface area contributed by atoms with E-state index in [0.717, 1.165) is 5.56 Å². The number of fused-ring (bicyclic) bond motifs is 1. The zero-order chi connectivity index (χ0) is 16.7. The number of thioether (sulfide) groups is 1. The third-order valence-electron chi connectivity index (χ3n) is 3.58. The van der Waals surface area contributed by atoms with Gasteiger partial charge in [-0.25, -0.2) is 4.98 Å². The molecule has 0 aliphatic carbocycles. The molecule has 23 heavy (non-hydrogen) atoms. The van der Waals surface area contributed by atoms with E-state index in [0.29, 0.717) is 26.3 Å². The first-order valence-corrected chi connectivity index (χ1v) is 8.08. The van der Waals surface area contributed by atoms with E-state index in [1.165, 1.54) is 21.1 Å². The highest BCUT2D eigenvalue weighted by molar-refractivity contribution is 8.26. The zero-order valence-corrected chi connectivity index (χ0v) is 14.4. The third-order valence-corrected chi connectivity index (χ3v) is 5.07. The summed E-state index contributed by atoms with van der Waals surface area (Å²) in [4.78, 5) is 31.2. The molecular weight excluding hydrogens is 332 g/mol. The maximum atomic E-state index is 12.8. The smallest absolute Gasteiger partial charge is 0.267 e. The minimum absolute atomic E-state index is 0.212. The minimum atomic E-state index is -0.232. The summed E-state index contributed by atoms with van der Waals surface area (Å²) >= 11 is 6.29. The van der Waals surface area contributed by atoms with Crippen LogP contribution in [0.25, 0.3) is 11.7 Å². The third kappa shape index (κ3) is 2.53. The molecular formula is C15H14N4O2S2. The first kappa shape index (κ1) is 15.7. The van der Waals surface area contributed by atoms with Crippen molar-refractivity contribution in [2.45, 2.75) is 6.92 Å². The molecule has 1 aliphatic rings. The molecule has 1 fully saturated rings. The standard InChI is InChI=1S/C15H14N4O2S2/c1-8-5-4-6-19-12(8)17-11(16-2)9(13(19)20)7-10-14(21)18(3)15(22)23-10/h4-7,16H,1-3H3. The topological polar surface area (TPSA) is 66.7 Å². The van der Waals surface area contributed by atoms with Crippen LogP contribution in [0.2, 0.25) is 0 Å². The quantitative estimate of drug-likeness (QED) is 0.661. The molecule has 0 radical (unpaired) electrons. The van der Waals surface area contributed by atoms with Gasteiger partial charge in [0.25, 0.3) is 11.5 Å². The summed E-state index contributed by atoms with van der Waals surface area (Å²) in [5.41, 5.74) is 1.59. The number of hydrogen-bond acceptors (Lipinski definition) is 6. The molecule has 1 amide bonds. The minimum Gasteiger partial charge on any atom is -0.372 e. The number of likely N-dealkylation sites (N-methyl/N-ethyl adjacent to an activating group) is 1. The van der Waals surface area contributed by atoms with Gasteiger partial charge in [-0.15, -0.1) is 0 Å². The van der Waals surface area contributed by atoms with Crippen molar-refractivity contribution in [3.63, 3.8) is 0 Å². The molecule has 0 aromatic carbocycles. The number of aromatic nitrogens is 2. The normalized spacial score (nSPS) is 16.7. The largest absolute Gasteiger partial charge is 0.372 e. The Morgan fingerprint density at radius 3 is 2.74 bits per heavy atom. The number of amides is 1. The predicted molar refractivity (Wildman–Crippen MR) is 96.7 cm³/mol. The lowest BCUT2D eigenvalue weighted by atomic mass is 10.2. The van der Waals surface area contributed by atoms with Crippen LogP contribution in [-0.2, 0) is 4.79 Å². The number of thiocarbonyl (C=S) groups is 1. The Labute approximate surface area is 142 Å². The number of anilines is 1. The van der Waals surface area contributed by atoms with E-state index in [1.807, 2.05) is 13.0 Å². The summed E-state index contributed by atoms with van der Waals surface area (Å²) in [5.74, 6) is 0.224. The van der Waals surface area contributed by atoms with Crippen molar-refractivity contribution in [2.75, 3.05) is 19.4 Å². The number of rotatable bonds is 2. The number of nitrogens with zero attached hydrogens (tertiary/aromatic N) is 3. The first-order valence-electron chi connectivity index (χ1n) is 6.85. The highest BCUT2D eigenvalue weighted by Gasteiger charge is 2.29. The van der Waals surface area contributed by atoms with Crippen LogP contribution in [0.15, 0.2) is 28.0 Å². The Hall–Kier alpha value is -2.19.